The lowest BCUT2D eigenvalue weighted by Crippen LogP contribution is -1.99. The van der Waals surface area contributed by atoms with Crippen LogP contribution in [0.2, 0.25) is 10.0 Å². The molecule has 4 heteroatoms. The van der Waals surface area contributed by atoms with Crippen LogP contribution in [0.25, 0.3) is 22.2 Å². The van der Waals surface area contributed by atoms with Crippen molar-refractivity contribution in [2.24, 2.45) is 5.73 Å². The van der Waals surface area contributed by atoms with Crippen molar-refractivity contribution >= 4 is 34.1 Å². The van der Waals surface area contributed by atoms with Gasteiger partial charge < -0.3 is 10.7 Å². The van der Waals surface area contributed by atoms with Gasteiger partial charge >= 0.3 is 0 Å². The highest BCUT2D eigenvalue weighted by molar-refractivity contribution is 6.36. The largest absolute Gasteiger partial charge is 0.354 e. The molecular formula is C20H22Cl2N2. The van der Waals surface area contributed by atoms with Gasteiger partial charge in [0.2, 0.25) is 0 Å². The fraction of sp³-hybridized carbons (Fsp3) is 0.300. The number of nitrogens with one attached hydrogen (secondary N) is 1. The summed E-state index contributed by atoms with van der Waals surface area (Å²) >= 11 is 12.5. The fourth-order valence-corrected chi connectivity index (χ4v) is 3.65. The monoisotopic (exact) mass is 360 g/mol. The Morgan fingerprint density at radius 3 is 2.58 bits per heavy atom. The molecule has 126 valence electrons. The van der Waals surface area contributed by atoms with Gasteiger partial charge in [-0.2, -0.15) is 0 Å². The molecule has 0 aliphatic carbocycles. The van der Waals surface area contributed by atoms with Gasteiger partial charge in [0.15, 0.2) is 0 Å². The van der Waals surface area contributed by atoms with Crippen molar-refractivity contribution in [2.45, 2.75) is 32.6 Å². The Morgan fingerprint density at radius 2 is 1.88 bits per heavy atom. The van der Waals surface area contributed by atoms with Gasteiger partial charge in [-0.05, 0) is 73.7 Å². The minimum atomic E-state index is 0.651. The molecule has 24 heavy (non-hydrogen) atoms. The SMILES string of the molecule is CCc1ccc2[nH]c(-c3ccc(Cl)cc3Cl)c(CCCCN)c2c1. The third-order valence-electron chi connectivity index (χ3n) is 4.46. The number of halogens is 2. The van der Waals surface area contributed by atoms with Crippen molar-refractivity contribution in [3.05, 3.63) is 57.6 Å². The van der Waals surface area contributed by atoms with Gasteiger partial charge in [0.25, 0.3) is 0 Å². The standard InChI is InChI=1S/C20H22Cl2N2/c1-2-13-6-9-19-17(11-13)15(5-3-4-10-23)20(24-19)16-8-7-14(21)12-18(16)22/h6-9,11-12,24H,2-5,10,23H2,1H3. The van der Waals surface area contributed by atoms with E-state index in [-0.39, 0.29) is 0 Å². The lowest BCUT2D eigenvalue weighted by molar-refractivity contribution is 0.748. The third-order valence-corrected chi connectivity index (χ3v) is 5.01. The van der Waals surface area contributed by atoms with Gasteiger partial charge in [-0.1, -0.05) is 36.2 Å². The number of nitrogens with two attached hydrogens (primary N) is 1. The normalized spacial score (nSPS) is 11.3. The second kappa shape index (κ2) is 7.60. The predicted molar refractivity (Wildman–Crippen MR) is 105 cm³/mol. The smallest absolute Gasteiger partial charge is 0.0514 e. The molecule has 3 aromatic rings. The van der Waals surface area contributed by atoms with Crippen LogP contribution in [-0.4, -0.2) is 11.5 Å². The minimum Gasteiger partial charge on any atom is -0.354 e. The number of aromatic nitrogens is 1. The summed E-state index contributed by atoms with van der Waals surface area (Å²) in [6.07, 6.45) is 4.10. The van der Waals surface area contributed by atoms with E-state index in [0.29, 0.717) is 10.0 Å². The first-order valence-electron chi connectivity index (χ1n) is 8.43. The van der Waals surface area contributed by atoms with Crippen molar-refractivity contribution in [1.82, 2.24) is 4.98 Å². The van der Waals surface area contributed by atoms with Crippen molar-refractivity contribution < 1.29 is 0 Å². The topological polar surface area (TPSA) is 41.8 Å². The molecule has 0 fully saturated rings. The Bertz CT molecular complexity index is 852. The van der Waals surface area contributed by atoms with Gasteiger partial charge in [0.1, 0.15) is 0 Å². The van der Waals surface area contributed by atoms with Gasteiger partial charge in [-0.3, -0.25) is 0 Å². The van der Waals surface area contributed by atoms with Crippen LogP contribution in [-0.2, 0) is 12.8 Å². The van der Waals surface area contributed by atoms with Gasteiger partial charge in [-0.15, -0.1) is 0 Å². The van der Waals surface area contributed by atoms with Crippen LogP contribution >= 0.6 is 23.2 Å². The van der Waals surface area contributed by atoms with E-state index < -0.39 is 0 Å². The van der Waals surface area contributed by atoms with E-state index in [1.165, 1.54) is 16.5 Å². The number of aromatic amines is 1. The van der Waals surface area contributed by atoms with Crippen molar-refractivity contribution in [3.8, 4) is 11.3 Å². The highest BCUT2D eigenvalue weighted by atomic mass is 35.5. The molecule has 0 unspecified atom stereocenters. The highest BCUT2D eigenvalue weighted by Crippen LogP contribution is 2.36. The second-order valence-corrected chi connectivity index (χ2v) is 6.93. The summed E-state index contributed by atoms with van der Waals surface area (Å²) in [5.41, 5.74) is 11.6. The first-order valence-corrected chi connectivity index (χ1v) is 9.18. The summed E-state index contributed by atoms with van der Waals surface area (Å²) in [6.45, 7) is 2.90. The Labute approximate surface area is 153 Å². The highest BCUT2D eigenvalue weighted by Gasteiger charge is 2.15. The second-order valence-electron chi connectivity index (χ2n) is 6.08. The lowest BCUT2D eigenvalue weighted by Gasteiger charge is -2.08. The van der Waals surface area contributed by atoms with E-state index in [9.17, 15) is 0 Å². The Morgan fingerprint density at radius 1 is 1.04 bits per heavy atom. The third kappa shape index (κ3) is 3.46. The molecule has 1 heterocycles. The molecular weight excluding hydrogens is 339 g/mol. The van der Waals surface area contributed by atoms with E-state index in [4.69, 9.17) is 28.9 Å². The number of hydrogen-bond donors (Lipinski definition) is 2. The van der Waals surface area contributed by atoms with Gasteiger partial charge in [-0.25, -0.2) is 0 Å². The lowest BCUT2D eigenvalue weighted by atomic mass is 9.99. The summed E-state index contributed by atoms with van der Waals surface area (Å²) in [6, 6.07) is 12.3. The number of rotatable bonds is 6. The summed E-state index contributed by atoms with van der Waals surface area (Å²) in [5.74, 6) is 0. The van der Waals surface area contributed by atoms with E-state index in [2.05, 4.69) is 30.1 Å². The summed E-state index contributed by atoms with van der Waals surface area (Å²) in [4.78, 5) is 3.56. The molecule has 2 aromatic carbocycles. The van der Waals surface area contributed by atoms with Crippen LogP contribution in [0, 0.1) is 0 Å². The van der Waals surface area contributed by atoms with E-state index in [0.717, 1.165) is 49.0 Å². The maximum Gasteiger partial charge on any atom is 0.0514 e. The number of unbranched alkanes of at least 4 members (excludes halogenated alkanes) is 1. The first kappa shape index (κ1) is 17.3. The molecule has 0 amide bonds. The number of hydrogen-bond acceptors (Lipinski definition) is 1. The van der Waals surface area contributed by atoms with Crippen molar-refractivity contribution in [3.63, 3.8) is 0 Å². The van der Waals surface area contributed by atoms with Crippen LogP contribution < -0.4 is 5.73 Å². The maximum atomic E-state index is 6.46. The Hall–Kier alpha value is -1.48. The number of fused-ring (bicyclic) bond motifs is 1. The van der Waals surface area contributed by atoms with E-state index in [1.54, 1.807) is 6.07 Å². The molecule has 0 atom stereocenters. The van der Waals surface area contributed by atoms with E-state index >= 15 is 0 Å². The average molecular weight is 361 g/mol. The fourth-order valence-electron chi connectivity index (χ4n) is 3.14. The van der Waals surface area contributed by atoms with Gasteiger partial charge in [0, 0.05) is 21.5 Å². The molecule has 3 N–H and O–H groups in total. The van der Waals surface area contributed by atoms with Crippen LogP contribution in [0.4, 0.5) is 0 Å². The average Bonchev–Trinajstić information content (AvgIpc) is 2.92. The van der Waals surface area contributed by atoms with Gasteiger partial charge in [0.05, 0.1) is 10.7 Å². The zero-order chi connectivity index (χ0) is 17.1. The summed E-state index contributed by atoms with van der Waals surface area (Å²) < 4.78 is 0. The molecule has 1 aromatic heterocycles. The molecule has 0 spiro atoms. The zero-order valence-corrected chi connectivity index (χ0v) is 15.3. The molecule has 3 rings (SSSR count). The molecule has 0 radical (unpaired) electrons. The Balaban J connectivity index is 2.16. The number of benzene rings is 2. The molecule has 0 bridgehead atoms. The van der Waals surface area contributed by atoms with Crippen molar-refractivity contribution in [2.75, 3.05) is 6.54 Å². The molecule has 0 saturated carbocycles. The van der Waals surface area contributed by atoms with Crippen LogP contribution in [0.5, 0.6) is 0 Å². The number of H-pyrrole nitrogens is 1. The summed E-state index contributed by atoms with van der Waals surface area (Å²) in [5, 5.41) is 2.61. The van der Waals surface area contributed by atoms with Crippen LogP contribution in [0.15, 0.2) is 36.4 Å². The number of aryl methyl sites for hydroxylation is 2. The molecule has 0 saturated heterocycles. The quantitative estimate of drug-likeness (QED) is 0.521. The predicted octanol–water partition coefficient (Wildman–Crippen LogP) is 5.99. The maximum absolute atomic E-state index is 6.46. The molecule has 2 nitrogen and oxygen atoms in total. The molecule has 0 aliphatic heterocycles. The van der Waals surface area contributed by atoms with E-state index in [1.807, 2.05) is 12.1 Å². The van der Waals surface area contributed by atoms with Crippen molar-refractivity contribution in [1.29, 1.82) is 0 Å². The van der Waals surface area contributed by atoms with Crippen LogP contribution in [0.1, 0.15) is 30.9 Å². The first-order chi connectivity index (χ1) is 11.6. The zero-order valence-electron chi connectivity index (χ0n) is 13.8. The van der Waals surface area contributed by atoms with Crippen LogP contribution in [0.3, 0.4) is 0 Å². The minimum absolute atomic E-state index is 0.651. The summed E-state index contributed by atoms with van der Waals surface area (Å²) in [7, 11) is 0. The molecule has 0 aliphatic rings. The Kier molecular flexibility index (Phi) is 5.50.